The molecule has 0 aliphatic rings. The van der Waals surface area contributed by atoms with E-state index in [1.807, 2.05) is 37.3 Å². The molecule has 1 aromatic rings. The highest BCUT2D eigenvalue weighted by molar-refractivity contribution is 5.75. The van der Waals surface area contributed by atoms with Crippen LogP contribution in [0.2, 0.25) is 0 Å². The lowest BCUT2D eigenvalue weighted by Crippen LogP contribution is -2.27. The lowest BCUT2D eigenvalue weighted by atomic mass is 10.2. The average Bonchev–Trinajstić information content (AvgIpc) is 2.43. The quantitative estimate of drug-likeness (QED) is 0.738. The molecule has 0 atom stereocenters. The van der Waals surface area contributed by atoms with Gasteiger partial charge in [-0.15, -0.1) is 0 Å². The molecule has 0 bridgehead atoms. The van der Waals surface area contributed by atoms with Crippen molar-refractivity contribution in [1.82, 2.24) is 10.6 Å². The smallest absolute Gasteiger partial charge is 0.407 e. The fraction of sp³-hybridized carbons (Fsp3) is 0.429. The van der Waals surface area contributed by atoms with E-state index in [4.69, 9.17) is 4.74 Å². The van der Waals surface area contributed by atoms with Crippen molar-refractivity contribution in [3.63, 3.8) is 0 Å². The van der Waals surface area contributed by atoms with Crippen LogP contribution < -0.4 is 10.6 Å². The Morgan fingerprint density at radius 2 is 1.89 bits per heavy atom. The van der Waals surface area contributed by atoms with E-state index in [0.29, 0.717) is 25.9 Å². The highest BCUT2D eigenvalue weighted by atomic mass is 16.5. The van der Waals surface area contributed by atoms with Crippen molar-refractivity contribution in [2.24, 2.45) is 0 Å². The number of alkyl carbamates (subject to hydrolysis) is 1. The zero-order chi connectivity index (χ0) is 13.9. The maximum Gasteiger partial charge on any atom is 0.407 e. The van der Waals surface area contributed by atoms with Crippen LogP contribution in [0.5, 0.6) is 0 Å². The van der Waals surface area contributed by atoms with Crippen molar-refractivity contribution in [1.29, 1.82) is 0 Å². The van der Waals surface area contributed by atoms with Gasteiger partial charge in [-0.2, -0.15) is 0 Å². The molecule has 1 rings (SSSR count). The van der Waals surface area contributed by atoms with Crippen molar-refractivity contribution < 1.29 is 14.3 Å². The molecule has 1 aromatic carbocycles. The zero-order valence-electron chi connectivity index (χ0n) is 11.1. The molecule has 2 amide bonds. The largest absolute Gasteiger partial charge is 0.445 e. The third-order valence-electron chi connectivity index (χ3n) is 2.44. The van der Waals surface area contributed by atoms with Gasteiger partial charge >= 0.3 is 6.09 Å². The van der Waals surface area contributed by atoms with Gasteiger partial charge in [-0.3, -0.25) is 4.79 Å². The van der Waals surface area contributed by atoms with E-state index in [1.165, 1.54) is 0 Å². The summed E-state index contributed by atoms with van der Waals surface area (Å²) in [5, 5.41) is 5.31. The van der Waals surface area contributed by atoms with Gasteiger partial charge in [-0.05, 0) is 18.9 Å². The standard InChI is InChI=1S/C14H20N2O3/c1-2-15-13(17)9-6-10-16-14(18)19-11-12-7-4-3-5-8-12/h3-5,7-8H,2,6,9-11H2,1H3,(H,15,17)(H,16,18). The van der Waals surface area contributed by atoms with Crippen LogP contribution in [0.4, 0.5) is 4.79 Å². The molecular weight excluding hydrogens is 244 g/mol. The van der Waals surface area contributed by atoms with E-state index < -0.39 is 6.09 Å². The summed E-state index contributed by atoms with van der Waals surface area (Å²) in [7, 11) is 0. The number of hydrogen-bond acceptors (Lipinski definition) is 3. The minimum absolute atomic E-state index is 0.00181. The molecule has 0 aromatic heterocycles. The van der Waals surface area contributed by atoms with Gasteiger partial charge in [0, 0.05) is 19.5 Å². The molecule has 104 valence electrons. The van der Waals surface area contributed by atoms with Gasteiger partial charge in [-0.25, -0.2) is 4.79 Å². The second kappa shape index (κ2) is 8.97. The molecular formula is C14H20N2O3. The van der Waals surface area contributed by atoms with Crippen molar-refractivity contribution in [2.75, 3.05) is 13.1 Å². The number of hydrogen-bond donors (Lipinski definition) is 2. The average molecular weight is 264 g/mol. The zero-order valence-corrected chi connectivity index (χ0v) is 11.1. The van der Waals surface area contributed by atoms with E-state index in [2.05, 4.69) is 10.6 Å². The van der Waals surface area contributed by atoms with E-state index in [1.54, 1.807) is 0 Å². The Hall–Kier alpha value is -2.04. The van der Waals surface area contributed by atoms with Gasteiger partial charge in [0.2, 0.25) is 5.91 Å². The van der Waals surface area contributed by atoms with Gasteiger partial charge in [-0.1, -0.05) is 30.3 Å². The molecule has 0 fully saturated rings. The second-order valence-corrected chi connectivity index (χ2v) is 4.05. The molecule has 19 heavy (non-hydrogen) atoms. The Balaban J connectivity index is 2.07. The van der Waals surface area contributed by atoms with Crippen LogP contribution in [0, 0.1) is 0 Å². The maximum atomic E-state index is 11.4. The summed E-state index contributed by atoms with van der Waals surface area (Å²) < 4.78 is 5.03. The van der Waals surface area contributed by atoms with Gasteiger partial charge in [0.05, 0.1) is 0 Å². The first-order valence-electron chi connectivity index (χ1n) is 6.43. The van der Waals surface area contributed by atoms with E-state index in [-0.39, 0.29) is 12.5 Å². The third-order valence-corrected chi connectivity index (χ3v) is 2.44. The van der Waals surface area contributed by atoms with Crippen LogP contribution in [0.25, 0.3) is 0 Å². The molecule has 0 saturated carbocycles. The predicted octanol–water partition coefficient (Wildman–Crippen LogP) is 1.83. The lowest BCUT2D eigenvalue weighted by molar-refractivity contribution is -0.121. The van der Waals surface area contributed by atoms with Gasteiger partial charge in [0.1, 0.15) is 6.61 Å². The van der Waals surface area contributed by atoms with Crippen LogP contribution in [0.1, 0.15) is 25.3 Å². The van der Waals surface area contributed by atoms with Crippen molar-refractivity contribution in [2.45, 2.75) is 26.4 Å². The Morgan fingerprint density at radius 3 is 2.58 bits per heavy atom. The third kappa shape index (κ3) is 7.08. The van der Waals surface area contributed by atoms with E-state index >= 15 is 0 Å². The summed E-state index contributed by atoms with van der Waals surface area (Å²) in [6.45, 7) is 3.19. The monoisotopic (exact) mass is 264 g/mol. The molecule has 0 radical (unpaired) electrons. The molecule has 5 nitrogen and oxygen atoms in total. The molecule has 0 spiro atoms. The fourth-order valence-electron chi connectivity index (χ4n) is 1.50. The van der Waals surface area contributed by atoms with Crippen molar-refractivity contribution >= 4 is 12.0 Å². The van der Waals surface area contributed by atoms with Crippen LogP contribution in [0.3, 0.4) is 0 Å². The number of carbonyl (C=O) groups is 2. The number of ether oxygens (including phenoxy) is 1. The van der Waals surface area contributed by atoms with Crippen LogP contribution in [0.15, 0.2) is 30.3 Å². The maximum absolute atomic E-state index is 11.4. The normalized spacial score (nSPS) is 9.74. The summed E-state index contributed by atoms with van der Waals surface area (Å²) in [4.78, 5) is 22.5. The molecule has 0 unspecified atom stereocenters. The predicted molar refractivity (Wildman–Crippen MR) is 72.5 cm³/mol. The van der Waals surface area contributed by atoms with Crippen LogP contribution in [-0.4, -0.2) is 25.1 Å². The number of carbonyl (C=O) groups excluding carboxylic acids is 2. The molecule has 2 N–H and O–H groups in total. The van der Waals surface area contributed by atoms with Gasteiger partial charge < -0.3 is 15.4 Å². The second-order valence-electron chi connectivity index (χ2n) is 4.05. The number of benzene rings is 1. The number of rotatable bonds is 7. The van der Waals surface area contributed by atoms with Crippen LogP contribution >= 0.6 is 0 Å². The molecule has 0 heterocycles. The number of amides is 2. The number of nitrogens with one attached hydrogen (secondary N) is 2. The first-order valence-corrected chi connectivity index (χ1v) is 6.43. The molecule has 0 saturated heterocycles. The Kier molecular flexibility index (Phi) is 7.09. The van der Waals surface area contributed by atoms with Crippen molar-refractivity contribution in [3.8, 4) is 0 Å². The van der Waals surface area contributed by atoms with Gasteiger partial charge in [0.25, 0.3) is 0 Å². The topological polar surface area (TPSA) is 67.4 Å². The Morgan fingerprint density at radius 1 is 1.16 bits per heavy atom. The van der Waals surface area contributed by atoms with Crippen molar-refractivity contribution in [3.05, 3.63) is 35.9 Å². The highest BCUT2D eigenvalue weighted by Crippen LogP contribution is 2.00. The first-order chi connectivity index (χ1) is 9.22. The Bertz CT molecular complexity index is 393. The highest BCUT2D eigenvalue weighted by Gasteiger charge is 2.03. The molecule has 0 aliphatic carbocycles. The lowest BCUT2D eigenvalue weighted by Gasteiger charge is -2.07. The molecule has 5 heteroatoms. The summed E-state index contributed by atoms with van der Waals surface area (Å²) >= 11 is 0. The summed E-state index contributed by atoms with van der Waals surface area (Å²) in [5.74, 6) is 0.00181. The van der Waals surface area contributed by atoms with E-state index in [9.17, 15) is 9.59 Å². The molecule has 0 aliphatic heterocycles. The first kappa shape index (κ1) is 15.0. The minimum Gasteiger partial charge on any atom is -0.445 e. The summed E-state index contributed by atoms with van der Waals surface area (Å²) in [6.07, 6.45) is 0.554. The minimum atomic E-state index is -0.459. The van der Waals surface area contributed by atoms with E-state index in [0.717, 1.165) is 5.56 Å². The van der Waals surface area contributed by atoms with Gasteiger partial charge in [0.15, 0.2) is 0 Å². The summed E-state index contributed by atoms with van der Waals surface area (Å²) in [5.41, 5.74) is 0.944. The SMILES string of the molecule is CCNC(=O)CCCNC(=O)OCc1ccccc1. The van der Waals surface area contributed by atoms with Crippen LogP contribution in [-0.2, 0) is 16.1 Å². The Labute approximate surface area is 113 Å². The summed E-state index contributed by atoms with van der Waals surface area (Å²) in [6, 6.07) is 9.47. The fourth-order valence-corrected chi connectivity index (χ4v) is 1.50.